The number of likely N-dealkylation sites (tertiary alicyclic amines) is 1. The first kappa shape index (κ1) is 15.3. The summed E-state index contributed by atoms with van der Waals surface area (Å²) in [4.78, 5) is 20.9. The lowest BCUT2D eigenvalue weighted by atomic mass is 9.71. The summed E-state index contributed by atoms with van der Waals surface area (Å²) < 4.78 is 13.3. The van der Waals surface area contributed by atoms with Crippen molar-refractivity contribution in [1.29, 1.82) is 0 Å². The highest BCUT2D eigenvalue weighted by molar-refractivity contribution is 6.04. The molecule has 5 heteroatoms. The van der Waals surface area contributed by atoms with Crippen LogP contribution in [-0.2, 0) is 11.3 Å². The van der Waals surface area contributed by atoms with E-state index in [-0.39, 0.29) is 17.1 Å². The molecule has 3 heterocycles. The van der Waals surface area contributed by atoms with E-state index in [4.69, 9.17) is 0 Å². The zero-order valence-electron chi connectivity index (χ0n) is 13.5. The molecule has 4 nitrogen and oxygen atoms in total. The summed E-state index contributed by atoms with van der Waals surface area (Å²) in [6, 6.07) is 10.5. The predicted molar refractivity (Wildman–Crippen MR) is 89.9 cm³/mol. The number of carbonyl (C=O) groups is 1. The summed E-state index contributed by atoms with van der Waals surface area (Å²) in [5.41, 5.74) is 1.67. The third kappa shape index (κ3) is 2.69. The molecule has 2 fully saturated rings. The molecule has 1 amide bonds. The molecule has 4 rings (SSSR count). The Balaban J connectivity index is 1.36. The Morgan fingerprint density at radius 1 is 1.17 bits per heavy atom. The largest absolute Gasteiger partial charge is 0.309 e. The quantitative estimate of drug-likeness (QED) is 0.814. The lowest BCUT2D eigenvalue weighted by molar-refractivity contribution is -0.138. The number of aromatic nitrogens is 1. The van der Waals surface area contributed by atoms with Crippen molar-refractivity contribution in [2.75, 3.05) is 24.5 Å². The fourth-order valence-electron chi connectivity index (χ4n) is 3.76. The average Bonchev–Trinajstić information content (AvgIpc) is 2.61. The molecule has 2 aromatic rings. The number of β-lactam (4-membered cyclic amide) rings is 1. The van der Waals surface area contributed by atoms with Crippen LogP contribution in [-0.4, -0.2) is 35.4 Å². The maximum Gasteiger partial charge on any atom is 0.235 e. The number of hydrogen-bond acceptors (Lipinski definition) is 3. The van der Waals surface area contributed by atoms with Crippen LogP contribution in [0, 0.1) is 11.2 Å². The van der Waals surface area contributed by atoms with Gasteiger partial charge in [0.1, 0.15) is 5.82 Å². The topological polar surface area (TPSA) is 36.4 Å². The van der Waals surface area contributed by atoms with Gasteiger partial charge in [0, 0.05) is 19.3 Å². The highest BCUT2D eigenvalue weighted by Crippen LogP contribution is 2.43. The van der Waals surface area contributed by atoms with E-state index in [1.165, 1.54) is 6.07 Å². The van der Waals surface area contributed by atoms with E-state index in [0.29, 0.717) is 0 Å². The molecule has 124 valence electrons. The first-order chi connectivity index (χ1) is 11.7. The van der Waals surface area contributed by atoms with Gasteiger partial charge in [-0.3, -0.25) is 14.7 Å². The van der Waals surface area contributed by atoms with E-state index >= 15 is 0 Å². The minimum absolute atomic E-state index is 0.192. The number of nitrogens with zero attached hydrogens (tertiary/aromatic N) is 3. The Morgan fingerprint density at radius 3 is 2.67 bits per heavy atom. The molecule has 1 aromatic carbocycles. The molecule has 0 radical (unpaired) electrons. The smallest absolute Gasteiger partial charge is 0.235 e. The lowest BCUT2D eigenvalue weighted by Crippen LogP contribution is -2.65. The Labute approximate surface area is 140 Å². The molecule has 24 heavy (non-hydrogen) atoms. The van der Waals surface area contributed by atoms with E-state index in [1.54, 1.807) is 24.5 Å². The molecule has 0 unspecified atom stereocenters. The second-order valence-corrected chi connectivity index (χ2v) is 6.79. The van der Waals surface area contributed by atoms with Crippen molar-refractivity contribution < 1.29 is 9.18 Å². The van der Waals surface area contributed by atoms with Crippen LogP contribution >= 0.6 is 0 Å². The van der Waals surface area contributed by atoms with Gasteiger partial charge in [0.05, 0.1) is 17.3 Å². The van der Waals surface area contributed by atoms with Gasteiger partial charge < -0.3 is 4.90 Å². The van der Waals surface area contributed by atoms with Crippen LogP contribution in [0.1, 0.15) is 18.4 Å². The second kappa shape index (κ2) is 5.98. The number of carbonyl (C=O) groups excluding carboxylic acids is 1. The van der Waals surface area contributed by atoms with Crippen molar-refractivity contribution in [1.82, 2.24) is 9.88 Å². The van der Waals surface area contributed by atoms with Gasteiger partial charge in [-0.1, -0.05) is 12.1 Å². The Kier molecular flexibility index (Phi) is 3.81. The molecule has 0 bridgehead atoms. The summed E-state index contributed by atoms with van der Waals surface area (Å²) in [5.74, 6) is 0.0307. The maximum absolute atomic E-state index is 13.3. The van der Waals surface area contributed by atoms with Crippen LogP contribution in [0.2, 0.25) is 0 Å². The van der Waals surface area contributed by atoms with Crippen molar-refractivity contribution in [3.05, 3.63) is 60.2 Å². The summed E-state index contributed by atoms with van der Waals surface area (Å²) in [6.45, 7) is 3.28. The molecular formula is C19H20FN3O. The first-order valence-electron chi connectivity index (χ1n) is 8.35. The number of anilines is 1. The average molecular weight is 325 g/mol. The van der Waals surface area contributed by atoms with Crippen LogP contribution in [0.25, 0.3) is 0 Å². The number of hydrogen-bond donors (Lipinski definition) is 0. The van der Waals surface area contributed by atoms with E-state index in [2.05, 4.69) is 9.88 Å². The van der Waals surface area contributed by atoms with Gasteiger partial charge in [-0.25, -0.2) is 4.39 Å². The summed E-state index contributed by atoms with van der Waals surface area (Å²) in [6.07, 6.45) is 5.20. The van der Waals surface area contributed by atoms with E-state index in [0.717, 1.165) is 50.3 Å². The van der Waals surface area contributed by atoms with Gasteiger partial charge in [0.25, 0.3) is 0 Å². The summed E-state index contributed by atoms with van der Waals surface area (Å²) in [7, 11) is 0. The summed E-state index contributed by atoms with van der Waals surface area (Å²) >= 11 is 0. The van der Waals surface area contributed by atoms with Crippen LogP contribution < -0.4 is 4.90 Å². The van der Waals surface area contributed by atoms with Gasteiger partial charge in [0.15, 0.2) is 0 Å². The van der Waals surface area contributed by atoms with Crippen molar-refractivity contribution in [3.8, 4) is 0 Å². The van der Waals surface area contributed by atoms with Crippen molar-refractivity contribution in [2.24, 2.45) is 5.41 Å². The third-order valence-electron chi connectivity index (χ3n) is 5.23. The number of rotatable bonds is 3. The number of pyridine rings is 1. The number of benzene rings is 1. The summed E-state index contributed by atoms with van der Waals surface area (Å²) in [5, 5.41) is 0. The predicted octanol–water partition coefficient (Wildman–Crippen LogP) is 2.85. The molecular weight excluding hydrogens is 305 g/mol. The first-order valence-corrected chi connectivity index (χ1v) is 8.35. The number of amides is 1. The van der Waals surface area contributed by atoms with Crippen molar-refractivity contribution in [2.45, 2.75) is 19.4 Å². The number of halogens is 1. The molecule has 2 saturated heterocycles. The Bertz CT molecular complexity index is 741. The van der Waals surface area contributed by atoms with Gasteiger partial charge >= 0.3 is 0 Å². The Hall–Kier alpha value is -2.27. The van der Waals surface area contributed by atoms with Crippen molar-refractivity contribution >= 4 is 11.6 Å². The molecule has 1 spiro atoms. The lowest BCUT2D eigenvalue weighted by Gasteiger charge is -2.52. The molecule has 0 aliphatic carbocycles. The fraction of sp³-hybridized carbons (Fsp3) is 0.368. The van der Waals surface area contributed by atoms with Gasteiger partial charge in [-0.2, -0.15) is 0 Å². The van der Waals surface area contributed by atoms with E-state index < -0.39 is 0 Å². The minimum atomic E-state index is -0.200. The SMILES string of the molecule is O=C1N(c2cccnc2)CC12CCN(Cc1cccc(F)c1)CC2. The standard InChI is InChI=1S/C19H20FN3O/c20-16-4-1-3-15(11-16)13-22-9-6-19(7-10-22)14-23(18(19)24)17-5-2-8-21-12-17/h1-5,8,11-12H,6-7,9-10,13-14H2. The van der Waals surface area contributed by atoms with Crippen LogP contribution in [0.5, 0.6) is 0 Å². The zero-order chi connectivity index (χ0) is 16.6. The Morgan fingerprint density at radius 2 is 2.00 bits per heavy atom. The number of piperidine rings is 1. The van der Waals surface area contributed by atoms with Gasteiger partial charge in [0.2, 0.25) is 5.91 Å². The minimum Gasteiger partial charge on any atom is -0.309 e. The monoisotopic (exact) mass is 325 g/mol. The molecule has 0 atom stereocenters. The zero-order valence-corrected chi connectivity index (χ0v) is 13.5. The molecule has 2 aliphatic rings. The van der Waals surface area contributed by atoms with E-state index in [9.17, 15) is 9.18 Å². The third-order valence-corrected chi connectivity index (χ3v) is 5.23. The molecule has 2 aliphatic heterocycles. The van der Waals surface area contributed by atoms with Gasteiger partial charge in [-0.15, -0.1) is 0 Å². The van der Waals surface area contributed by atoms with Crippen LogP contribution in [0.4, 0.5) is 10.1 Å². The second-order valence-electron chi connectivity index (χ2n) is 6.79. The maximum atomic E-state index is 13.3. The molecule has 1 aromatic heterocycles. The van der Waals surface area contributed by atoms with E-state index in [1.807, 2.05) is 23.1 Å². The normalized spacial score (nSPS) is 20.2. The van der Waals surface area contributed by atoms with Gasteiger partial charge in [-0.05, 0) is 55.8 Å². The van der Waals surface area contributed by atoms with Crippen molar-refractivity contribution in [3.63, 3.8) is 0 Å². The fourth-order valence-corrected chi connectivity index (χ4v) is 3.76. The molecule has 0 N–H and O–H groups in total. The van der Waals surface area contributed by atoms with Crippen LogP contribution in [0.15, 0.2) is 48.8 Å². The van der Waals surface area contributed by atoms with Crippen LogP contribution in [0.3, 0.4) is 0 Å². The highest BCUT2D eigenvalue weighted by Gasteiger charge is 2.53. The molecule has 0 saturated carbocycles. The highest BCUT2D eigenvalue weighted by atomic mass is 19.1.